The standard InChI is InChI=1S/C20H17N3O2S/c1-14(22-23-19(24)16-6-3-2-4-7-16)15-9-11-17(12-10-15)21-20(25)18-8-5-13-26-18/h2-13,22H,1H2,(H,21,25)(H,23,24). The van der Waals surface area contributed by atoms with E-state index in [9.17, 15) is 9.59 Å². The average Bonchev–Trinajstić information content (AvgIpc) is 3.22. The van der Waals surface area contributed by atoms with Crippen molar-refractivity contribution >= 4 is 34.5 Å². The number of thiophene rings is 1. The third-order valence-corrected chi connectivity index (χ3v) is 4.47. The highest BCUT2D eigenvalue weighted by molar-refractivity contribution is 7.12. The fourth-order valence-corrected chi connectivity index (χ4v) is 2.84. The Labute approximate surface area is 155 Å². The third-order valence-electron chi connectivity index (χ3n) is 3.60. The number of nitrogens with one attached hydrogen (secondary N) is 3. The number of hydrogen-bond acceptors (Lipinski definition) is 4. The topological polar surface area (TPSA) is 70.2 Å². The van der Waals surface area contributed by atoms with Crippen LogP contribution >= 0.6 is 11.3 Å². The van der Waals surface area contributed by atoms with Gasteiger partial charge in [-0.15, -0.1) is 11.3 Å². The van der Waals surface area contributed by atoms with Crippen LogP contribution in [0.3, 0.4) is 0 Å². The Hall–Kier alpha value is -3.38. The normalized spacial score (nSPS) is 10.0. The van der Waals surface area contributed by atoms with E-state index in [2.05, 4.69) is 22.7 Å². The molecule has 26 heavy (non-hydrogen) atoms. The number of hydrogen-bond donors (Lipinski definition) is 3. The van der Waals surface area contributed by atoms with Gasteiger partial charge in [0.2, 0.25) is 0 Å². The summed E-state index contributed by atoms with van der Waals surface area (Å²) < 4.78 is 0. The SMILES string of the molecule is C=C(NNC(=O)c1ccccc1)c1ccc(NC(=O)c2cccs2)cc1. The van der Waals surface area contributed by atoms with Gasteiger partial charge in [-0.05, 0) is 41.3 Å². The van der Waals surface area contributed by atoms with Gasteiger partial charge in [0.1, 0.15) is 0 Å². The van der Waals surface area contributed by atoms with Crippen LogP contribution in [0.2, 0.25) is 0 Å². The van der Waals surface area contributed by atoms with Crippen molar-refractivity contribution in [2.75, 3.05) is 5.32 Å². The molecule has 3 N–H and O–H groups in total. The van der Waals surface area contributed by atoms with E-state index in [1.807, 2.05) is 29.6 Å². The predicted molar refractivity (Wildman–Crippen MR) is 105 cm³/mol. The van der Waals surface area contributed by atoms with Gasteiger partial charge in [0.25, 0.3) is 11.8 Å². The quantitative estimate of drug-likeness (QED) is 0.582. The molecule has 0 aliphatic carbocycles. The van der Waals surface area contributed by atoms with Crippen molar-refractivity contribution in [3.8, 4) is 0 Å². The molecule has 0 unspecified atom stereocenters. The maximum Gasteiger partial charge on any atom is 0.269 e. The van der Waals surface area contributed by atoms with Crippen LogP contribution < -0.4 is 16.2 Å². The van der Waals surface area contributed by atoms with Crippen LogP contribution in [0.1, 0.15) is 25.6 Å². The lowest BCUT2D eigenvalue weighted by atomic mass is 10.1. The molecule has 0 aliphatic rings. The van der Waals surface area contributed by atoms with Gasteiger partial charge in [-0.2, -0.15) is 0 Å². The molecule has 0 aliphatic heterocycles. The van der Waals surface area contributed by atoms with Crippen LogP contribution in [0.5, 0.6) is 0 Å². The maximum atomic E-state index is 12.0. The van der Waals surface area contributed by atoms with Crippen molar-refractivity contribution in [3.63, 3.8) is 0 Å². The molecule has 130 valence electrons. The molecule has 2 aromatic carbocycles. The zero-order valence-electron chi connectivity index (χ0n) is 13.9. The molecular formula is C20H17N3O2S. The average molecular weight is 363 g/mol. The third kappa shape index (κ3) is 4.37. The maximum absolute atomic E-state index is 12.0. The van der Waals surface area contributed by atoms with E-state index in [0.29, 0.717) is 21.8 Å². The lowest BCUT2D eigenvalue weighted by Crippen LogP contribution is -2.35. The first kappa shape index (κ1) is 17.4. The second-order valence-electron chi connectivity index (χ2n) is 5.43. The van der Waals surface area contributed by atoms with E-state index in [1.54, 1.807) is 42.5 Å². The highest BCUT2D eigenvalue weighted by Gasteiger charge is 2.08. The molecule has 0 atom stereocenters. The first-order valence-electron chi connectivity index (χ1n) is 7.89. The molecule has 2 amide bonds. The molecule has 0 radical (unpaired) electrons. The molecule has 5 nitrogen and oxygen atoms in total. The van der Waals surface area contributed by atoms with Gasteiger partial charge in [0.05, 0.1) is 10.6 Å². The summed E-state index contributed by atoms with van der Waals surface area (Å²) in [7, 11) is 0. The van der Waals surface area contributed by atoms with Gasteiger partial charge in [0, 0.05) is 11.3 Å². The van der Waals surface area contributed by atoms with Crippen LogP contribution in [-0.2, 0) is 0 Å². The highest BCUT2D eigenvalue weighted by Crippen LogP contribution is 2.16. The lowest BCUT2D eigenvalue weighted by molar-refractivity contribution is 0.0941. The van der Waals surface area contributed by atoms with Gasteiger partial charge >= 0.3 is 0 Å². The van der Waals surface area contributed by atoms with Crippen molar-refractivity contribution in [2.45, 2.75) is 0 Å². The minimum absolute atomic E-state index is 0.139. The Balaban J connectivity index is 1.55. The van der Waals surface area contributed by atoms with E-state index < -0.39 is 0 Å². The Bertz CT molecular complexity index is 904. The molecule has 3 rings (SSSR count). The van der Waals surface area contributed by atoms with E-state index in [1.165, 1.54) is 11.3 Å². The summed E-state index contributed by atoms with van der Waals surface area (Å²) in [6, 6.07) is 19.7. The fourth-order valence-electron chi connectivity index (χ4n) is 2.22. The van der Waals surface area contributed by atoms with Gasteiger partial charge in [-0.25, -0.2) is 0 Å². The van der Waals surface area contributed by atoms with Gasteiger partial charge in [0.15, 0.2) is 0 Å². The highest BCUT2D eigenvalue weighted by atomic mass is 32.1. The van der Waals surface area contributed by atoms with Crippen LogP contribution in [0.15, 0.2) is 78.7 Å². The van der Waals surface area contributed by atoms with E-state index in [0.717, 1.165) is 5.56 Å². The molecular weight excluding hydrogens is 346 g/mol. The molecule has 0 saturated carbocycles. The molecule has 0 spiro atoms. The van der Waals surface area contributed by atoms with Crippen molar-refractivity contribution < 1.29 is 9.59 Å². The predicted octanol–water partition coefficient (Wildman–Crippen LogP) is 3.91. The summed E-state index contributed by atoms with van der Waals surface area (Å²) in [5.41, 5.74) is 7.99. The molecule has 0 bridgehead atoms. The zero-order chi connectivity index (χ0) is 18.4. The molecule has 1 heterocycles. The number of amides is 2. The summed E-state index contributed by atoms with van der Waals surface area (Å²) in [4.78, 5) is 24.7. The van der Waals surface area contributed by atoms with Crippen LogP contribution in [0.25, 0.3) is 5.70 Å². The molecule has 1 aromatic heterocycles. The first-order valence-corrected chi connectivity index (χ1v) is 8.77. The van der Waals surface area contributed by atoms with Crippen molar-refractivity contribution in [3.05, 3.63) is 94.7 Å². The Morgan fingerprint density at radius 3 is 2.15 bits per heavy atom. The van der Waals surface area contributed by atoms with Crippen LogP contribution in [-0.4, -0.2) is 11.8 Å². The van der Waals surface area contributed by atoms with Crippen molar-refractivity contribution in [2.24, 2.45) is 0 Å². The van der Waals surface area contributed by atoms with E-state index in [-0.39, 0.29) is 11.8 Å². The van der Waals surface area contributed by atoms with Crippen LogP contribution in [0.4, 0.5) is 5.69 Å². The number of hydrazine groups is 1. The second-order valence-corrected chi connectivity index (χ2v) is 6.38. The second kappa shape index (κ2) is 8.13. The smallest absolute Gasteiger partial charge is 0.269 e. The number of carbonyl (C=O) groups excluding carboxylic acids is 2. The molecule has 3 aromatic rings. The largest absolute Gasteiger partial charge is 0.321 e. The van der Waals surface area contributed by atoms with Crippen LogP contribution in [0, 0.1) is 0 Å². The molecule has 6 heteroatoms. The van der Waals surface area contributed by atoms with Gasteiger partial charge in [-0.3, -0.25) is 20.4 Å². The summed E-state index contributed by atoms with van der Waals surface area (Å²) in [5, 5.41) is 4.69. The number of anilines is 1. The lowest BCUT2D eigenvalue weighted by Gasteiger charge is -2.12. The van der Waals surface area contributed by atoms with E-state index in [4.69, 9.17) is 0 Å². The van der Waals surface area contributed by atoms with Crippen molar-refractivity contribution in [1.82, 2.24) is 10.9 Å². The Kier molecular flexibility index (Phi) is 5.46. The van der Waals surface area contributed by atoms with Gasteiger partial charge < -0.3 is 5.32 Å². The summed E-state index contributed by atoms with van der Waals surface area (Å²) >= 11 is 1.39. The Morgan fingerprint density at radius 2 is 1.50 bits per heavy atom. The summed E-state index contributed by atoms with van der Waals surface area (Å²) in [6.45, 7) is 3.91. The van der Waals surface area contributed by atoms with Gasteiger partial charge in [-0.1, -0.05) is 43.0 Å². The van der Waals surface area contributed by atoms with Crippen molar-refractivity contribution in [1.29, 1.82) is 0 Å². The minimum atomic E-state index is -0.244. The fraction of sp³-hybridized carbons (Fsp3) is 0. The number of rotatable bonds is 6. The monoisotopic (exact) mass is 363 g/mol. The summed E-state index contributed by atoms with van der Waals surface area (Å²) in [5.74, 6) is -0.383. The number of carbonyl (C=O) groups is 2. The number of benzene rings is 2. The summed E-state index contributed by atoms with van der Waals surface area (Å²) in [6.07, 6.45) is 0. The Morgan fingerprint density at radius 1 is 0.769 bits per heavy atom. The van der Waals surface area contributed by atoms with E-state index >= 15 is 0 Å². The molecule has 0 fully saturated rings. The minimum Gasteiger partial charge on any atom is -0.321 e. The first-order chi connectivity index (χ1) is 12.6. The zero-order valence-corrected chi connectivity index (χ0v) is 14.7. The molecule has 0 saturated heterocycles.